The van der Waals surface area contributed by atoms with Gasteiger partial charge >= 0.3 is 6.61 Å². The molecule has 2 N–H and O–H groups in total. The van der Waals surface area contributed by atoms with Crippen LogP contribution in [0.15, 0.2) is 24.3 Å². The molecule has 1 heterocycles. The number of anilines is 2. The number of carbonyl (C=O) groups excluding carboxylic acids is 2. The summed E-state index contributed by atoms with van der Waals surface area (Å²) in [4.78, 5) is 25.0. The Balaban J connectivity index is 2.12. The number of carbonyl (C=O) groups is 2. The van der Waals surface area contributed by atoms with Gasteiger partial charge in [0.25, 0.3) is 5.91 Å². The van der Waals surface area contributed by atoms with Crippen LogP contribution < -0.4 is 15.4 Å². The summed E-state index contributed by atoms with van der Waals surface area (Å²) in [5.41, 5.74) is 0.476. The predicted octanol–water partition coefficient (Wildman–Crippen LogP) is 5.55. The van der Waals surface area contributed by atoms with Gasteiger partial charge in [-0.15, -0.1) is 11.3 Å². The first-order valence-corrected chi connectivity index (χ1v) is 9.14. The van der Waals surface area contributed by atoms with E-state index in [0.717, 1.165) is 11.3 Å². The van der Waals surface area contributed by atoms with Gasteiger partial charge in [0, 0.05) is 11.1 Å². The molecule has 0 atom stereocenters. The number of hydrogen-bond donors (Lipinski definition) is 2. The molecule has 0 fully saturated rings. The average molecular weight is 417 g/mol. The highest BCUT2D eigenvalue weighted by molar-refractivity contribution is 7.18. The van der Waals surface area contributed by atoms with Crippen LogP contribution in [0.25, 0.3) is 0 Å². The van der Waals surface area contributed by atoms with Gasteiger partial charge in [0.05, 0.1) is 14.9 Å². The third-order valence-corrected chi connectivity index (χ3v) is 4.89. The summed E-state index contributed by atoms with van der Waals surface area (Å²) in [5.74, 6) is -0.728. The van der Waals surface area contributed by atoms with Gasteiger partial charge < -0.3 is 15.4 Å². The molecule has 0 aliphatic heterocycles. The summed E-state index contributed by atoms with van der Waals surface area (Å²) < 4.78 is 28.8. The summed E-state index contributed by atoms with van der Waals surface area (Å²) in [7, 11) is 0. The highest BCUT2D eigenvalue weighted by Gasteiger charge is 2.23. The van der Waals surface area contributed by atoms with Crippen LogP contribution in [0.2, 0.25) is 5.02 Å². The van der Waals surface area contributed by atoms with Crippen LogP contribution in [0.3, 0.4) is 0 Å². The van der Waals surface area contributed by atoms with E-state index in [1.807, 2.05) is 0 Å². The molecular formula is C18H19ClF2N2O3S. The van der Waals surface area contributed by atoms with Gasteiger partial charge in [-0.2, -0.15) is 8.78 Å². The topological polar surface area (TPSA) is 67.4 Å². The van der Waals surface area contributed by atoms with E-state index in [1.165, 1.54) is 18.2 Å². The lowest BCUT2D eigenvalue weighted by Gasteiger charge is -2.16. The molecule has 2 amide bonds. The summed E-state index contributed by atoms with van der Waals surface area (Å²) in [5, 5.41) is 5.95. The van der Waals surface area contributed by atoms with Crippen LogP contribution in [0.4, 0.5) is 19.5 Å². The van der Waals surface area contributed by atoms with Crippen molar-refractivity contribution >= 4 is 45.4 Å². The largest absolute Gasteiger partial charge is 0.433 e. The number of halogens is 3. The standard InChI is InChI=1S/C18H19ClF2N2O3S/c1-9-7-13(23-16(25)18(2,3)4)27-14(9)15(24)22-10-5-6-12(11(19)8-10)26-17(20)21/h5-8,17H,1-4H3,(H,22,24)(H,23,25). The van der Waals surface area contributed by atoms with Crippen LogP contribution in [-0.4, -0.2) is 18.4 Å². The Morgan fingerprint density at radius 3 is 2.41 bits per heavy atom. The lowest BCUT2D eigenvalue weighted by molar-refractivity contribution is -0.123. The highest BCUT2D eigenvalue weighted by Crippen LogP contribution is 2.31. The molecule has 1 aromatic heterocycles. The first-order valence-electron chi connectivity index (χ1n) is 7.95. The smallest absolute Gasteiger partial charge is 0.387 e. The minimum Gasteiger partial charge on any atom is -0.433 e. The molecule has 0 radical (unpaired) electrons. The van der Waals surface area contributed by atoms with Crippen molar-refractivity contribution in [2.45, 2.75) is 34.3 Å². The zero-order chi connectivity index (χ0) is 20.4. The number of ether oxygens (including phenoxy) is 1. The summed E-state index contributed by atoms with van der Waals surface area (Å²) in [6.45, 7) is 4.15. The third kappa shape index (κ3) is 5.64. The number of alkyl halides is 2. The lowest BCUT2D eigenvalue weighted by atomic mass is 9.96. The van der Waals surface area contributed by atoms with E-state index < -0.39 is 17.9 Å². The monoisotopic (exact) mass is 416 g/mol. The van der Waals surface area contributed by atoms with Crippen molar-refractivity contribution in [3.8, 4) is 5.75 Å². The second-order valence-electron chi connectivity index (χ2n) is 6.80. The van der Waals surface area contributed by atoms with Gasteiger partial charge in [0.1, 0.15) is 5.75 Å². The number of thiophene rings is 1. The van der Waals surface area contributed by atoms with Gasteiger partial charge in [0.15, 0.2) is 0 Å². The second kappa shape index (κ2) is 8.22. The maximum absolute atomic E-state index is 12.5. The zero-order valence-electron chi connectivity index (χ0n) is 15.2. The van der Waals surface area contributed by atoms with Crippen molar-refractivity contribution in [1.29, 1.82) is 0 Å². The third-order valence-electron chi connectivity index (χ3n) is 3.45. The molecule has 2 rings (SSSR count). The fourth-order valence-electron chi connectivity index (χ4n) is 2.03. The van der Waals surface area contributed by atoms with Crippen LogP contribution >= 0.6 is 22.9 Å². The molecule has 27 heavy (non-hydrogen) atoms. The minimum atomic E-state index is -2.99. The van der Waals surface area contributed by atoms with E-state index in [2.05, 4.69) is 15.4 Å². The van der Waals surface area contributed by atoms with Crippen molar-refractivity contribution in [2.75, 3.05) is 10.6 Å². The normalized spacial score (nSPS) is 11.4. The van der Waals surface area contributed by atoms with Crippen molar-refractivity contribution in [2.24, 2.45) is 5.41 Å². The Labute approximate surface area is 164 Å². The number of aryl methyl sites for hydroxylation is 1. The van der Waals surface area contributed by atoms with Crippen molar-refractivity contribution < 1.29 is 23.1 Å². The molecule has 0 aliphatic rings. The first-order chi connectivity index (χ1) is 12.5. The molecule has 1 aromatic carbocycles. The van der Waals surface area contributed by atoms with Crippen molar-refractivity contribution in [3.05, 3.63) is 39.7 Å². The van der Waals surface area contributed by atoms with E-state index in [0.29, 0.717) is 21.1 Å². The molecule has 5 nitrogen and oxygen atoms in total. The number of amides is 2. The minimum absolute atomic E-state index is 0.0471. The van der Waals surface area contributed by atoms with E-state index >= 15 is 0 Å². The maximum Gasteiger partial charge on any atom is 0.387 e. The average Bonchev–Trinajstić information content (AvgIpc) is 2.89. The van der Waals surface area contributed by atoms with Gasteiger partial charge in [-0.1, -0.05) is 32.4 Å². The SMILES string of the molecule is Cc1cc(NC(=O)C(C)(C)C)sc1C(=O)Nc1ccc(OC(F)F)c(Cl)c1. The van der Waals surface area contributed by atoms with Gasteiger partial charge in [0.2, 0.25) is 5.91 Å². The molecule has 146 valence electrons. The van der Waals surface area contributed by atoms with E-state index in [4.69, 9.17) is 11.6 Å². The fourth-order valence-corrected chi connectivity index (χ4v) is 3.21. The Bertz CT molecular complexity index is 863. The Morgan fingerprint density at radius 1 is 1.19 bits per heavy atom. The molecule has 0 aliphatic carbocycles. The summed E-state index contributed by atoms with van der Waals surface area (Å²) >= 11 is 7.03. The Kier molecular flexibility index (Phi) is 6.43. The quantitative estimate of drug-likeness (QED) is 0.671. The Hall–Kier alpha value is -2.19. The molecule has 2 aromatic rings. The molecule has 0 spiro atoms. The van der Waals surface area contributed by atoms with Crippen LogP contribution in [0.5, 0.6) is 5.75 Å². The number of hydrogen-bond acceptors (Lipinski definition) is 4. The van der Waals surface area contributed by atoms with Crippen LogP contribution in [-0.2, 0) is 4.79 Å². The fraction of sp³-hybridized carbons (Fsp3) is 0.333. The van der Waals surface area contributed by atoms with Gasteiger partial charge in [-0.25, -0.2) is 0 Å². The van der Waals surface area contributed by atoms with Crippen molar-refractivity contribution in [1.82, 2.24) is 0 Å². The number of nitrogens with one attached hydrogen (secondary N) is 2. The molecule has 0 saturated heterocycles. The summed E-state index contributed by atoms with van der Waals surface area (Å²) in [6, 6.07) is 5.70. The van der Waals surface area contributed by atoms with Crippen molar-refractivity contribution in [3.63, 3.8) is 0 Å². The van der Waals surface area contributed by atoms with Crippen LogP contribution in [0, 0.1) is 12.3 Å². The molecular weight excluding hydrogens is 398 g/mol. The van der Waals surface area contributed by atoms with E-state index in [-0.39, 0.29) is 16.7 Å². The zero-order valence-corrected chi connectivity index (χ0v) is 16.7. The highest BCUT2D eigenvalue weighted by atomic mass is 35.5. The first kappa shape index (κ1) is 21.1. The van der Waals surface area contributed by atoms with Crippen LogP contribution in [0.1, 0.15) is 36.0 Å². The van der Waals surface area contributed by atoms with E-state index in [1.54, 1.807) is 33.8 Å². The predicted molar refractivity (Wildman–Crippen MR) is 103 cm³/mol. The molecule has 0 saturated carbocycles. The molecule has 0 unspecified atom stereocenters. The number of rotatable bonds is 5. The Morgan fingerprint density at radius 2 is 1.85 bits per heavy atom. The van der Waals surface area contributed by atoms with Gasteiger partial charge in [-0.3, -0.25) is 9.59 Å². The number of benzene rings is 1. The lowest BCUT2D eigenvalue weighted by Crippen LogP contribution is -2.27. The van der Waals surface area contributed by atoms with Gasteiger partial charge in [-0.05, 0) is 36.8 Å². The summed E-state index contributed by atoms with van der Waals surface area (Å²) in [6.07, 6.45) is 0. The molecule has 0 bridgehead atoms. The van der Waals surface area contributed by atoms with E-state index in [9.17, 15) is 18.4 Å². The molecule has 9 heteroatoms. The maximum atomic E-state index is 12.5. The second-order valence-corrected chi connectivity index (χ2v) is 8.26.